The molecule has 1 aromatic carbocycles. The van der Waals surface area contributed by atoms with Gasteiger partial charge in [0.05, 0.1) is 6.10 Å². The summed E-state index contributed by atoms with van der Waals surface area (Å²) in [7, 11) is 0. The molecule has 4 heteroatoms. The predicted octanol–water partition coefficient (Wildman–Crippen LogP) is 3.02. The number of hydrogen-bond acceptors (Lipinski definition) is 3. The maximum Gasteiger partial charge on any atom is 0.220 e. The molecule has 0 spiro atoms. The number of amides is 1. The number of rotatable bonds is 6. The van der Waals surface area contributed by atoms with Crippen LogP contribution in [0.1, 0.15) is 24.5 Å². The normalized spacial score (nSPS) is 12.3. The van der Waals surface area contributed by atoms with Gasteiger partial charge in [-0.2, -0.15) is 0 Å². The number of thiophene rings is 1. The van der Waals surface area contributed by atoms with Gasteiger partial charge >= 0.3 is 0 Å². The maximum absolute atomic E-state index is 11.5. The van der Waals surface area contributed by atoms with Crippen LogP contribution in [-0.4, -0.2) is 17.6 Å². The first-order valence-corrected chi connectivity index (χ1v) is 7.12. The first kappa shape index (κ1) is 13.8. The van der Waals surface area contributed by atoms with Gasteiger partial charge < -0.3 is 10.4 Å². The van der Waals surface area contributed by atoms with Crippen LogP contribution in [0.4, 0.5) is 0 Å². The second-order valence-electron chi connectivity index (χ2n) is 4.33. The molecule has 19 heavy (non-hydrogen) atoms. The van der Waals surface area contributed by atoms with E-state index in [2.05, 4.69) is 11.9 Å². The smallest absolute Gasteiger partial charge is 0.220 e. The molecule has 2 N–H and O–H groups in total. The molecule has 0 bridgehead atoms. The molecule has 0 aliphatic heterocycles. The van der Waals surface area contributed by atoms with Crippen molar-refractivity contribution in [3.8, 4) is 0 Å². The summed E-state index contributed by atoms with van der Waals surface area (Å²) in [6.45, 7) is 3.82. The molecule has 2 aromatic rings. The standard InChI is InChI=1S/C15H17NO2S/c1-2-3-8-15(18)16-9-13(17)12-10-19-14-7-5-4-6-11(12)14/h2,4-7,10,13,17H,1,3,8-9H2,(H,16,18). The average molecular weight is 275 g/mol. The lowest BCUT2D eigenvalue weighted by Crippen LogP contribution is -2.27. The zero-order valence-corrected chi connectivity index (χ0v) is 11.5. The Hall–Kier alpha value is -1.65. The lowest BCUT2D eigenvalue weighted by molar-refractivity contribution is -0.121. The SMILES string of the molecule is C=CCCC(=O)NCC(O)c1csc2ccccc12. The van der Waals surface area contributed by atoms with E-state index in [4.69, 9.17) is 0 Å². The van der Waals surface area contributed by atoms with Crippen LogP contribution in [-0.2, 0) is 4.79 Å². The minimum absolute atomic E-state index is 0.0570. The third-order valence-corrected chi connectivity index (χ3v) is 3.92. The highest BCUT2D eigenvalue weighted by Crippen LogP contribution is 2.29. The van der Waals surface area contributed by atoms with Crippen molar-refractivity contribution >= 4 is 27.3 Å². The molecule has 0 saturated carbocycles. The molecule has 0 radical (unpaired) electrons. The largest absolute Gasteiger partial charge is 0.387 e. The molecule has 0 fully saturated rings. The van der Waals surface area contributed by atoms with E-state index in [9.17, 15) is 9.90 Å². The summed E-state index contributed by atoms with van der Waals surface area (Å²) in [6, 6.07) is 7.95. The number of nitrogens with one attached hydrogen (secondary N) is 1. The van der Waals surface area contributed by atoms with Gasteiger partial charge in [0.2, 0.25) is 5.91 Å². The molecule has 1 unspecified atom stereocenters. The van der Waals surface area contributed by atoms with Crippen molar-refractivity contribution in [2.75, 3.05) is 6.54 Å². The highest BCUT2D eigenvalue weighted by atomic mass is 32.1. The molecule has 1 atom stereocenters. The summed E-state index contributed by atoms with van der Waals surface area (Å²) in [6.07, 6.45) is 2.12. The topological polar surface area (TPSA) is 49.3 Å². The van der Waals surface area contributed by atoms with Gasteiger partial charge in [-0.05, 0) is 23.3 Å². The lowest BCUT2D eigenvalue weighted by atomic mass is 10.1. The Morgan fingerprint density at radius 2 is 2.26 bits per heavy atom. The van der Waals surface area contributed by atoms with Crippen molar-refractivity contribution in [1.82, 2.24) is 5.32 Å². The molecule has 0 aliphatic rings. The summed E-state index contributed by atoms with van der Waals surface area (Å²) in [5.41, 5.74) is 0.879. The Bertz CT molecular complexity index is 576. The molecule has 100 valence electrons. The quantitative estimate of drug-likeness (QED) is 0.796. The number of fused-ring (bicyclic) bond motifs is 1. The van der Waals surface area contributed by atoms with Crippen LogP contribution in [0.2, 0.25) is 0 Å². The second kappa shape index (κ2) is 6.50. The van der Waals surface area contributed by atoms with Crippen molar-refractivity contribution in [3.63, 3.8) is 0 Å². The Kier molecular flexibility index (Phi) is 4.71. The summed E-state index contributed by atoms with van der Waals surface area (Å²) in [5, 5.41) is 15.9. The third kappa shape index (κ3) is 3.43. The van der Waals surface area contributed by atoms with E-state index in [1.54, 1.807) is 17.4 Å². The van der Waals surface area contributed by atoms with Crippen molar-refractivity contribution < 1.29 is 9.90 Å². The zero-order chi connectivity index (χ0) is 13.7. The van der Waals surface area contributed by atoms with Crippen LogP contribution < -0.4 is 5.32 Å². The Labute approximate surface area is 116 Å². The molecule has 1 amide bonds. The van der Waals surface area contributed by atoms with Crippen molar-refractivity contribution in [2.24, 2.45) is 0 Å². The third-order valence-electron chi connectivity index (χ3n) is 2.94. The van der Waals surface area contributed by atoms with Gasteiger partial charge in [0.15, 0.2) is 0 Å². The first-order valence-electron chi connectivity index (χ1n) is 6.24. The van der Waals surface area contributed by atoms with E-state index in [1.807, 2.05) is 29.6 Å². The fourth-order valence-corrected chi connectivity index (χ4v) is 2.91. The van der Waals surface area contributed by atoms with E-state index >= 15 is 0 Å². The molecule has 1 heterocycles. The van der Waals surface area contributed by atoms with Crippen LogP contribution in [0, 0.1) is 0 Å². The molecule has 3 nitrogen and oxygen atoms in total. The van der Waals surface area contributed by atoms with Crippen molar-refractivity contribution in [2.45, 2.75) is 18.9 Å². The number of carbonyl (C=O) groups excluding carboxylic acids is 1. The Morgan fingerprint density at radius 3 is 3.05 bits per heavy atom. The van der Waals surface area contributed by atoms with Gasteiger partial charge in [-0.3, -0.25) is 4.79 Å². The molecule has 2 rings (SSSR count). The molecule has 0 aliphatic carbocycles. The van der Waals surface area contributed by atoms with Crippen molar-refractivity contribution in [3.05, 3.63) is 47.9 Å². The highest BCUT2D eigenvalue weighted by Gasteiger charge is 2.13. The van der Waals surface area contributed by atoms with E-state index in [0.29, 0.717) is 12.8 Å². The van der Waals surface area contributed by atoms with Gasteiger partial charge in [-0.1, -0.05) is 24.3 Å². The Morgan fingerprint density at radius 1 is 1.47 bits per heavy atom. The summed E-state index contributed by atoms with van der Waals surface area (Å²) in [5.74, 6) is -0.0570. The summed E-state index contributed by atoms with van der Waals surface area (Å²) >= 11 is 1.60. The van der Waals surface area contributed by atoms with Crippen LogP contribution in [0.25, 0.3) is 10.1 Å². The number of hydrogen-bond donors (Lipinski definition) is 2. The number of aliphatic hydroxyl groups is 1. The number of carbonyl (C=O) groups is 1. The van der Waals surface area contributed by atoms with Crippen LogP contribution in [0.5, 0.6) is 0 Å². The van der Waals surface area contributed by atoms with Crippen molar-refractivity contribution in [1.29, 1.82) is 0 Å². The van der Waals surface area contributed by atoms with Crippen LogP contribution in [0.3, 0.4) is 0 Å². The fraction of sp³-hybridized carbons (Fsp3) is 0.267. The number of aliphatic hydroxyl groups excluding tert-OH is 1. The predicted molar refractivity (Wildman–Crippen MR) is 79.2 cm³/mol. The van der Waals surface area contributed by atoms with E-state index in [0.717, 1.165) is 15.6 Å². The van der Waals surface area contributed by atoms with Crippen LogP contribution in [0.15, 0.2) is 42.3 Å². The minimum atomic E-state index is -0.663. The second-order valence-corrected chi connectivity index (χ2v) is 5.25. The van der Waals surface area contributed by atoms with Gasteiger partial charge in [-0.15, -0.1) is 17.9 Å². The maximum atomic E-state index is 11.5. The first-order chi connectivity index (χ1) is 9.22. The van der Waals surface area contributed by atoms with Gasteiger partial charge in [0.1, 0.15) is 0 Å². The lowest BCUT2D eigenvalue weighted by Gasteiger charge is -2.11. The zero-order valence-electron chi connectivity index (χ0n) is 10.6. The van der Waals surface area contributed by atoms with Gasteiger partial charge in [0.25, 0.3) is 0 Å². The van der Waals surface area contributed by atoms with E-state index in [-0.39, 0.29) is 12.5 Å². The fourth-order valence-electron chi connectivity index (χ4n) is 1.90. The monoisotopic (exact) mass is 275 g/mol. The summed E-state index contributed by atoms with van der Waals surface area (Å²) < 4.78 is 1.15. The van der Waals surface area contributed by atoms with E-state index < -0.39 is 6.10 Å². The van der Waals surface area contributed by atoms with Crippen LogP contribution >= 0.6 is 11.3 Å². The molecule has 0 saturated heterocycles. The highest BCUT2D eigenvalue weighted by molar-refractivity contribution is 7.17. The van der Waals surface area contributed by atoms with Gasteiger partial charge in [0, 0.05) is 23.2 Å². The summed E-state index contributed by atoms with van der Waals surface area (Å²) in [4.78, 5) is 11.5. The van der Waals surface area contributed by atoms with Gasteiger partial charge in [-0.25, -0.2) is 0 Å². The molecular formula is C15H17NO2S. The number of benzene rings is 1. The average Bonchev–Trinajstić information content (AvgIpc) is 2.86. The minimum Gasteiger partial charge on any atom is -0.387 e. The Balaban J connectivity index is 1.98. The number of allylic oxidation sites excluding steroid dienone is 1. The van der Waals surface area contributed by atoms with E-state index in [1.165, 1.54) is 0 Å². The molecule has 1 aromatic heterocycles. The molecular weight excluding hydrogens is 258 g/mol.